The highest BCUT2D eigenvalue weighted by Gasteiger charge is 2.06. The molecule has 102 valence electrons. The van der Waals surface area contributed by atoms with Crippen LogP contribution in [0.3, 0.4) is 0 Å². The molecule has 1 aromatic rings. The first-order chi connectivity index (χ1) is 8.93. The van der Waals surface area contributed by atoms with E-state index in [0.29, 0.717) is 12.2 Å². The van der Waals surface area contributed by atoms with Crippen molar-refractivity contribution in [2.45, 2.75) is 11.3 Å². The van der Waals surface area contributed by atoms with Crippen LogP contribution in [0.5, 0.6) is 0 Å². The van der Waals surface area contributed by atoms with E-state index in [9.17, 15) is 13.2 Å². The molecule has 0 bridgehead atoms. The molecule has 1 aromatic carbocycles. The second-order valence-corrected chi connectivity index (χ2v) is 5.92. The van der Waals surface area contributed by atoms with Gasteiger partial charge < -0.3 is 10.6 Å². The lowest BCUT2D eigenvalue weighted by Crippen LogP contribution is -2.30. The zero-order valence-electron chi connectivity index (χ0n) is 10.5. The summed E-state index contributed by atoms with van der Waals surface area (Å²) < 4.78 is 22.5. The van der Waals surface area contributed by atoms with E-state index in [1.165, 1.54) is 12.1 Å². The van der Waals surface area contributed by atoms with Crippen molar-refractivity contribution in [1.82, 2.24) is 5.32 Å². The summed E-state index contributed by atoms with van der Waals surface area (Å²) in [5.41, 5.74) is 0.655. The van der Waals surface area contributed by atoms with Gasteiger partial charge in [0.2, 0.25) is 5.91 Å². The van der Waals surface area contributed by atoms with Gasteiger partial charge in [0.15, 0.2) is 9.84 Å². The van der Waals surface area contributed by atoms with Gasteiger partial charge in [-0.25, -0.2) is 8.42 Å². The number of rotatable bonds is 6. The Morgan fingerprint density at radius 3 is 2.47 bits per heavy atom. The molecule has 0 heterocycles. The Balaban J connectivity index is 2.47. The van der Waals surface area contributed by atoms with E-state index in [-0.39, 0.29) is 23.8 Å². The number of carbonyl (C=O) groups is 1. The van der Waals surface area contributed by atoms with Gasteiger partial charge in [-0.1, -0.05) is 0 Å². The van der Waals surface area contributed by atoms with Crippen LogP contribution in [0.2, 0.25) is 0 Å². The van der Waals surface area contributed by atoms with Crippen molar-refractivity contribution in [3.63, 3.8) is 0 Å². The summed E-state index contributed by atoms with van der Waals surface area (Å²) in [6.45, 7) is 0.397. The molecule has 0 saturated heterocycles. The lowest BCUT2D eigenvalue weighted by molar-refractivity contribution is -0.119. The molecule has 2 N–H and O–H groups in total. The standard InChI is InChI=1S/C12H15N3O3S/c1-19(17,18)11-5-3-10(4-6-11)15-9-12(16)14-8-2-7-13/h3-6,15H,2,8-9H2,1H3,(H,14,16). The highest BCUT2D eigenvalue weighted by atomic mass is 32.2. The second kappa shape index (κ2) is 6.75. The Morgan fingerprint density at radius 2 is 1.95 bits per heavy atom. The van der Waals surface area contributed by atoms with Gasteiger partial charge in [-0.3, -0.25) is 4.79 Å². The van der Waals surface area contributed by atoms with Crippen molar-refractivity contribution in [2.24, 2.45) is 0 Å². The van der Waals surface area contributed by atoms with Crippen molar-refractivity contribution in [1.29, 1.82) is 5.26 Å². The van der Waals surface area contributed by atoms with E-state index < -0.39 is 9.84 Å². The molecule has 1 rings (SSSR count). The molecule has 1 amide bonds. The van der Waals surface area contributed by atoms with Crippen LogP contribution >= 0.6 is 0 Å². The fourth-order valence-electron chi connectivity index (χ4n) is 1.32. The first-order valence-electron chi connectivity index (χ1n) is 5.61. The Kier molecular flexibility index (Phi) is 5.33. The van der Waals surface area contributed by atoms with Crippen LogP contribution in [0, 0.1) is 11.3 Å². The lowest BCUT2D eigenvalue weighted by Gasteiger charge is -2.07. The van der Waals surface area contributed by atoms with Crippen molar-refractivity contribution in [2.75, 3.05) is 24.7 Å². The van der Waals surface area contributed by atoms with Crippen LogP contribution in [0.1, 0.15) is 6.42 Å². The van der Waals surface area contributed by atoms with Gasteiger partial charge >= 0.3 is 0 Å². The average molecular weight is 281 g/mol. The maximum Gasteiger partial charge on any atom is 0.239 e. The van der Waals surface area contributed by atoms with Crippen LogP contribution in [-0.4, -0.2) is 33.7 Å². The molecule has 19 heavy (non-hydrogen) atoms. The number of hydrogen-bond donors (Lipinski definition) is 2. The minimum atomic E-state index is -3.20. The minimum Gasteiger partial charge on any atom is -0.376 e. The first kappa shape index (κ1) is 15.0. The third kappa shape index (κ3) is 5.40. The molecule has 0 aliphatic heterocycles. The zero-order chi connectivity index (χ0) is 14.3. The first-order valence-corrected chi connectivity index (χ1v) is 7.50. The number of hydrogen-bond acceptors (Lipinski definition) is 5. The zero-order valence-corrected chi connectivity index (χ0v) is 11.3. The summed E-state index contributed by atoms with van der Waals surface area (Å²) in [4.78, 5) is 11.6. The number of nitriles is 1. The molecule has 0 aliphatic carbocycles. The van der Waals surface area contributed by atoms with Gasteiger partial charge in [0, 0.05) is 18.5 Å². The molecule has 0 atom stereocenters. The maximum atomic E-state index is 11.3. The molecular formula is C12H15N3O3S. The number of benzene rings is 1. The summed E-state index contributed by atoms with van der Waals surface area (Å²) in [7, 11) is -3.20. The molecule has 0 aliphatic rings. The predicted molar refractivity (Wildman–Crippen MR) is 71.3 cm³/mol. The van der Waals surface area contributed by atoms with Crippen molar-refractivity contribution < 1.29 is 13.2 Å². The molecule has 7 heteroatoms. The van der Waals surface area contributed by atoms with E-state index in [1.807, 2.05) is 6.07 Å². The molecule has 0 fully saturated rings. The monoisotopic (exact) mass is 281 g/mol. The van der Waals surface area contributed by atoms with Crippen molar-refractivity contribution in [3.05, 3.63) is 24.3 Å². The van der Waals surface area contributed by atoms with Gasteiger partial charge in [-0.2, -0.15) is 5.26 Å². The highest BCUT2D eigenvalue weighted by Crippen LogP contribution is 2.13. The molecule has 0 unspecified atom stereocenters. The third-order valence-corrected chi connectivity index (χ3v) is 3.42. The lowest BCUT2D eigenvalue weighted by atomic mass is 10.3. The van der Waals surface area contributed by atoms with Crippen LogP contribution in [0.25, 0.3) is 0 Å². The Morgan fingerprint density at radius 1 is 1.32 bits per heavy atom. The SMILES string of the molecule is CS(=O)(=O)c1ccc(NCC(=O)NCCC#N)cc1. The summed E-state index contributed by atoms with van der Waals surface area (Å²) in [6, 6.07) is 8.07. The highest BCUT2D eigenvalue weighted by molar-refractivity contribution is 7.90. The van der Waals surface area contributed by atoms with Crippen LogP contribution in [0.15, 0.2) is 29.2 Å². The van der Waals surface area contributed by atoms with Gasteiger partial charge in [0.05, 0.1) is 23.9 Å². The number of nitrogens with zero attached hydrogens (tertiary/aromatic N) is 1. The second-order valence-electron chi connectivity index (χ2n) is 3.91. The third-order valence-electron chi connectivity index (χ3n) is 2.29. The average Bonchev–Trinajstić information content (AvgIpc) is 2.36. The number of amides is 1. The van der Waals surface area contributed by atoms with Crippen LogP contribution in [0.4, 0.5) is 5.69 Å². The quantitative estimate of drug-likeness (QED) is 0.741. The summed E-state index contributed by atoms with van der Waals surface area (Å²) in [5.74, 6) is -0.220. The summed E-state index contributed by atoms with van der Waals surface area (Å²) in [6.07, 6.45) is 1.41. The fourth-order valence-corrected chi connectivity index (χ4v) is 1.95. The smallest absolute Gasteiger partial charge is 0.239 e. The van der Waals surface area contributed by atoms with Crippen LogP contribution < -0.4 is 10.6 Å². The molecule has 0 aromatic heterocycles. The normalized spacial score (nSPS) is 10.5. The van der Waals surface area contributed by atoms with Gasteiger partial charge in [0.25, 0.3) is 0 Å². The summed E-state index contributed by atoms with van der Waals surface area (Å²) in [5, 5.41) is 13.7. The van der Waals surface area contributed by atoms with Gasteiger partial charge in [0.1, 0.15) is 0 Å². The topological polar surface area (TPSA) is 99.1 Å². The van der Waals surface area contributed by atoms with E-state index in [4.69, 9.17) is 5.26 Å². The van der Waals surface area contributed by atoms with Gasteiger partial charge in [-0.15, -0.1) is 0 Å². The van der Waals surface area contributed by atoms with Crippen molar-refractivity contribution in [3.8, 4) is 6.07 Å². The largest absolute Gasteiger partial charge is 0.376 e. The molecule has 0 saturated carbocycles. The number of carbonyl (C=O) groups excluding carboxylic acids is 1. The Hall–Kier alpha value is -2.07. The molecule has 0 radical (unpaired) electrons. The van der Waals surface area contributed by atoms with E-state index in [2.05, 4.69) is 10.6 Å². The van der Waals surface area contributed by atoms with E-state index >= 15 is 0 Å². The number of nitrogens with one attached hydrogen (secondary N) is 2. The fraction of sp³-hybridized carbons (Fsp3) is 0.333. The Labute approximate surface area is 112 Å². The van der Waals surface area contributed by atoms with E-state index in [1.54, 1.807) is 12.1 Å². The number of anilines is 1. The van der Waals surface area contributed by atoms with E-state index in [0.717, 1.165) is 6.26 Å². The summed E-state index contributed by atoms with van der Waals surface area (Å²) >= 11 is 0. The minimum absolute atomic E-state index is 0.0731. The number of sulfone groups is 1. The van der Waals surface area contributed by atoms with Crippen LogP contribution in [-0.2, 0) is 14.6 Å². The maximum absolute atomic E-state index is 11.3. The van der Waals surface area contributed by atoms with Crippen molar-refractivity contribution >= 4 is 21.4 Å². The molecule has 6 nitrogen and oxygen atoms in total. The van der Waals surface area contributed by atoms with Gasteiger partial charge in [-0.05, 0) is 24.3 Å². The molecular weight excluding hydrogens is 266 g/mol. The predicted octanol–water partition coefficient (Wildman–Crippen LogP) is 0.532. The molecule has 0 spiro atoms. The Bertz CT molecular complexity index is 573.